The van der Waals surface area contributed by atoms with E-state index >= 15 is 0 Å². The number of carbonyl (C=O) groups is 1. The molecule has 1 saturated heterocycles. The van der Waals surface area contributed by atoms with Crippen LogP contribution in [0.4, 0.5) is 16.2 Å². The fraction of sp³-hybridized carbons (Fsp3) is 0.321. The number of urea groups is 1. The molecule has 5 heteroatoms. The van der Waals surface area contributed by atoms with Gasteiger partial charge < -0.3 is 5.32 Å². The Morgan fingerprint density at radius 2 is 1.70 bits per heavy atom. The molecule has 1 N–H and O–H groups in total. The largest absolute Gasteiger partial charge is 0.326 e. The fourth-order valence-corrected chi connectivity index (χ4v) is 5.43. The van der Waals surface area contributed by atoms with Gasteiger partial charge in [0.25, 0.3) is 0 Å². The zero-order valence-electron chi connectivity index (χ0n) is 19.3. The number of likely N-dealkylation sites (tertiary alicyclic amines) is 1. The lowest BCUT2D eigenvalue weighted by Gasteiger charge is -2.40. The molecule has 1 fully saturated rings. The molecule has 33 heavy (non-hydrogen) atoms. The third kappa shape index (κ3) is 4.50. The summed E-state index contributed by atoms with van der Waals surface area (Å²) in [7, 11) is 0. The highest BCUT2D eigenvalue weighted by Gasteiger charge is 2.46. The summed E-state index contributed by atoms with van der Waals surface area (Å²) < 4.78 is 0. The Labute approximate surface area is 201 Å². The lowest BCUT2D eigenvalue weighted by atomic mass is 9.74. The molecule has 0 saturated carbocycles. The molecule has 0 atom stereocenters. The second-order valence-corrected chi connectivity index (χ2v) is 10.0. The quantitative estimate of drug-likeness (QED) is 0.482. The molecular formula is C28H30ClN3O. The first-order valence-electron chi connectivity index (χ1n) is 11.7. The van der Waals surface area contributed by atoms with Gasteiger partial charge in [0.15, 0.2) is 0 Å². The number of aryl methyl sites for hydroxylation is 2. The molecule has 170 valence electrons. The summed E-state index contributed by atoms with van der Waals surface area (Å²) in [6.07, 6.45) is 2.10. The van der Waals surface area contributed by atoms with E-state index in [-0.39, 0.29) is 11.4 Å². The van der Waals surface area contributed by atoms with Gasteiger partial charge in [0.2, 0.25) is 0 Å². The summed E-state index contributed by atoms with van der Waals surface area (Å²) in [4.78, 5) is 17.8. The molecule has 2 aliphatic rings. The number of amides is 2. The maximum Gasteiger partial charge on any atom is 0.326 e. The van der Waals surface area contributed by atoms with Crippen LogP contribution in [0.3, 0.4) is 0 Å². The van der Waals surface area contributed by atoms with Crippen molar-refractivity contribution in [3.8, 4) is 0 Å². The van der Waals surface area contributed by atoms with Crippen LogP contribution in [-0.4, -0.2) is 30.6 Å². The van der Waals surface area contributed by atoms with Crippen LogP contribution in [0.5, 0.6) is 0 Å². The minimum atomic E-state index is -0.0960. The van der Waals surface area contributed by atoms with Crippen molar-refractivity contribution in [2.75, 3.05) is 29.9 Å². The predicted molar refractivity (Wildman–Crippen MR) is 136 cm³/mol. The minimum Gasteiger partial charge on any atom is -0.307 e. The molecule has 2 heterocycles. The molecule has 0 radical (unpaired) electrons. The third-order valence-electron chi connectivity index (χ3n) is 7.14. The maximum absolute atomic E-state index is 13.3. The highest BCUT2D eigenvalue weighted by atomic mass is 35.5. The highest BCUT2D eigenvalue weighted by Crippen LogP contribution is 2.47. The number of halogens is 1. The molecule has 5 rings (SSSR count). The number of piperidine rings is 1. The SMILES string of the molecule is Cc1ccc(CN2CCC3(CC2)CN(C(=O)Nc2cccc(Cl)c2)c2ccc(C)cc23)cc1. The van der Waals surface area contributed by atoms with Gasteiger partial charge in [0.05, 0.1) is 0 Å². The number of carbonyl (C=O) groups excluding carboxylic acids is 1. The van der Waals surface area contributed by atoms with E-state index < -0.39 is 0 Å². The van der Waals surface area contributed by atoms with Crippen molar-refractivity contribution in [1.82, 2.24) is 4.90 Å². The predicted octanol–water partition coefficient (Wildman–Crippen LogP) is 6.54. The van der Waals surface area contributed by atoms with Gasteiger partial charge in [-0.05, 0) is 75.2 Å². The molecule has 0 bridgehead atoms. The summed E-state index contributed by atoms with van der Waals surface area (Å²) >= 11 is 6.11. The standard InChI is InChI=1S/C28H30ClN3O/c1-20-6-9-22(10-7-20)18-31-14-12-28(13-15-31)19-32(26-11-8-21(2)16-25(26)28)27(33)30-24-5-3-4-23(29)17-24/h3-11,16-17H,12-15,18-19H2,1-2H3,(H,30,33). The summed E-state index contributed by atoms with van der Waals surface area (Å²) in [5, 5.41) is 3.65. The van der Waals surface area contributed by atoms with Gasteiger partial charge in [-0.3, -0.25) is 9.80 Å². The van der Waals surface area contributed by atoms with Gasteiger partial charge in [-0.1, -0.05) is 65.2 Å². The van der Waals surface area contributed by atoms with Crippen LogP contribution in [0.2, 0.25) is 5.02 Å². The van der Waals surface area contributed by atoms with Gasteiger partial charge in [-0.15, -0.1) is 0 Å². The van der Waals surface area contributed by atoms with E-state index in [1.54, 1.807) is 6.07 Å². The average molecular weight is 460 g/mol. The summed E-state index contributed by atoms with van der Waals surface area (Å²) in [6.45, 7) is 8.03. The van der Waals surface area contributed by atoms with E-state index in [2.05, 4.69) is 66.5 Å². The zero-order chi connectivity index (χ0) is 23.0. The second-order valence-electron chi connectivity index (χ2n) is 9.59. The van der Waals surface area contributed by atoms with Crippen molar-refractivity contribution in [2.24, 2.45) is 0 Å². The summed E-state index contributed by atoms with van der Waals surface area (Å²) in [5.74, 6) is 0. The smallest absolute Gasteiger partial charge is 0.307 e. The van der Waals surface area contributed by atoms with Crippen LogP contribution in [0.25, 0.3) is 0 Å². The van der Waals surface area contributed by atoms with E-state index in [0.717, 1.165) is 50.4 Å². The number of hydrogen-bond acceptors (Lipinski definition) is 2. The Morgan fingerprint density at radius 1 is 0.970 bits per heavy atom. The average Bonchev–Trinajstić information content (AvgIpc) is 3.10. The molecule has 3 aromatic rings. The van der Waals surface area contributed by atoms with Crippen LogP contribution in [-0.2, 0) is 12.0 Å². The van der Waals surface area contributed by atoms with Crippen molar-refractivity contribution >= 4 is 29.0 Å². The van der Waals surface area contributed by atoms with Crippen LogP contribution in [0.1, 0.15) is 35.1 Å². The van der Waals surface area contributed by atoms with Gasteiger partial charge in [-0.25, -0.2) is 4.79 Å². The van der Waals surface area contributed by atoms with E-state index in [0.29, 0.717) is 5.02 Å². The Kier molecular flexibility index (Phi) is 5.90. The molecule has 4 nitrogen and oxygen atoms in total. The maximum atomic E-state index is 13.3. The lowest BCUT2D eigenvalue weighted by Crippen LogP contribution is -2.46. The number of hydrogen-bond donors (Lipinski definition) is 1. The first-order chi connectivity index (χ1) is 15.9. The first-order valence-corrected chi connectivity index (χ1v) is 12.0. The van der Waals surface area contributed by atoms with Crippen molar-refractivity contribution in [3.05, 3.63) is 94.0 Å². The van der Waals surface area contributed by atoms with Crippen molar-refractivity contribution in [1.29, 1.82) is 0 Å². The van der Waals surface area contributed by atoms with Crippen LogP contribution >= 0.6 is 11.6 Å². The Bertz CT molecular complexity index is 1170. The molecular weight excluding hydrogens is 430 g/mol. The Balaban J connectivity index is 1.34. The Hall–Kier alpha value is -2.82. The van der Waals surface area contributed by atoms with Gasteiger partial charge in [0, 0.05) is 34.9 Å². The van der Waals surface area contributed by atoms with Crippen LogP contribution < -0.4 is 10.2 Å². The normalized spacial score (nSPS) is 17.2. The fourth-order valence-electron chi connectivity index (χ4n) is 5.24. The number of benzene rings is 3. The zero-order valence-corrected chi connectivity index (χ0v) is 20.0. The summed E-state index contributed by atoms with van der Waals surface area (Å²) in [6, 6.07) is 22.6. The molecule has 0 aromatic heterocycles. The second kappa shape index (κ2) is 8.85. The van der Waals surface area contributed by atoms with E-state index in [4.69, 9.17) is 11.6 Å². The topological polar surface area (TPSA) is 35.6 Å². The van der Waals surface area contributed by atoms with E-state index in [1.807, 2.05) is 23.1 Å². The number of nitrogens with zero attached hydrogens (tertiary/aromatic N) is 2. The molecule has 1 spiro atoms. The number of fused-ring (bicyclic) bond motifs is 2. The first kappa shape index (κ1) is 22.0. The van der Waals surface area contributed by atoms with Crippen molar-refractivity contribution in [3.63, 3.8) is 0 Å². The monoisotopic (exact) mass is 459 g/mol. The van der Waals surface area contributed by atoms with E-state index in [1.165, 1.54) is 22.3 Å². The van der Waals surface area contributed by atoms with Crippen molar-refractivity contribution in [2.45, 2.75) is 38.6 Å². The summed E-state index contributed by atoms with van der Waals surface area (Å²) in [5.41, 5.74) is 6.98. The minimum absolute atomic E-state index is 0.0107. The molecule has 3 aromatic carbocycles. The van der Waals surface area contributed by atoms with Crippen LogP contribution in [0, 0.1) is 13.8 Å². The van der Waals surface area contributed by atoms with Gasteiger partial charge in [-0.2, -0.15) is 0 Å². The number of rotatable bonds is 3. The number of anilines is 2. The van der Waals surface area contributed by atoms with E-state index in [9.17, 15) is 4.79 Å². The van der Waals surface area contributed by atoms with Crippen LogP contribution in [0.15, 0.2) is 66.7 Å². The van der Waals surface area contributed by atoms with Gasteiger partial charge in [0.1, 0.15) is 0 Å². The molecule has 0 aliphatic carbocycles. The number of nitrogens with one attached hydrogen (secondary N) is 1. The van der Waals surface area contributed by atoms with Gasteiger partial charge >= 0.3 is 6.03 Å². The molecule has 2 aliphatic heterocycles. The Morgan fingerprint density at radius 3 is 2.42 bits per heavy atom. The molecule has 0 unspecified atom stereocenters. The lowest BCUT2D eigenvalue weighted by molar-refractivity contribution is 0.160. The highest BCUT2D eigenvalue weighted by molar-refractivity contribution is 6.30. The van der Waals surface area contributed by atoms with Crippen molar-refractivity contribution < 1.29 is 4.79 Å². The third-order valence-corrected chi connectivity index (χ3v) is 7.37. The molecule has 2 amide bonds.